The van der Waals surface area contributed by atoms with E-state index >= 15 is 0 Å². The second-order valence-corrected chi connectivity index (χ2v) is 7.04. The molecule has 0 aliphatic carbocycles. The van der Waals surface area contributed by atoms with Crippen LogP contribution in [0.3, 0.4) is 0 Å². The Morgan fingerprint density at radius 3 is 2.59 bits per heavy atom. The molecule has 0 bridgehead atoms. The molecule has 1 aliphatic rings. The van der Waals surface area contributed by atoms with Gasteiger partial charge >= 0.3 is 0 Å². The Morgan fingerprint density at radius 1 is 1.07 bits per heavy atom. The highest BCUT2D eigenvalue weighted by molar-refractivity contribution is 6.31. The van der Waals surface area contributed by atoms with Crippen molar-refractivity contribution in [3.8, 4) is 5.75 Å². The molecule has 0 N–H and O–H groups in total. The number of hydrogen-bond acceptors (Lipinski definition) is 3. The molecule has 5 heteroatoms. The van der Waals surface area contributed by atoms with E-state index in [1.807, 2.05) is 53.4 Å². The van der Waals surface area contributed by atoms with Crippen LogP contribution in [0.25, 0.3) is 6.08 Å². The normalized spacial score (nSPS) is 15.9. The van der Waals surface area contributed by atoms with E-state index in [1.165, 1.54) is 0 Å². The van der Waals surface area contributed by atoms with Gasteiger partial charge in [0, 0.05) is 44.2 Å². The van der Waals surface area contributed by atoms with Crippen molar-refractivity contribution in [2.75, 3.05) is 33.3 Å². The highest BCUT2D eigenvalue weighted by Gasteiger charge is 2.20. The van der Waals surface area contributed by atoms with Gasteiger partial charge < -0.3 is 9.64 Å². The Hall–Kier alpha value is -2.30. The molecule has 1 aliphatic heterocycles. The van der Waals surface area contributed by atoms with E-state index in [1.54, 1.807) is 7.11 Å². The number of hydrogen-bond donors (Lipinski definition) is 0. The zero-order valence-corrected chi connectivity index (χ0v) is 16.4. The van der Waals surface area contributed by atoms with Crippen LogP contribution >= 0.6 is 11.6 Å². The molecule has 27 heavy (non-hydrogen) atoms. The second-order valence-electron chi connectivity index (χ2n) is 6.63. The molecule has 1 amide bonds. The summed E-state index contributed by atoms with van der Waals surface area (Å²) >= 11 is 6.24. The molecule has 1 saturated heterocycles. The lowest BCUT2D eigenvalue weighted by Gasteiger charge is -2.22. The molecule has 0 radical (unpaired) electrons. The Bertz CT molecular complexity index is 789. The molecule has 0 unspecified atom stereocenters. The van der Waals surface area contributed by atoms with Crippen LogP contribution in [0.1, 0.15) is 17.5 Å². The van der Waals surface area contributed by atoms with Crippen molar-refractivity contribution in [3.63, 3.8) is 0 Å². The van der Waals surface area contributed by atoms with Gasteiger partial charge in [-0.05, 0) is 29.3 Å². The standard InChI is InChI=1S/C22H25ClN2O2/c1-27-20-10-8-18(9-11-20)5-4-13-24-14-12-22(26)25(16-15-24)17-19-6-2-3-7-21(19)23/h2-11H,12-17H2,1H3. The largest absolute Gasteiger partial charge is 0.497 e. The molecule has 142 valence electrons. The van der Waals surface area contributed by atoms with Crippen LogP contribution in [0, 0.1) is 0 Å². The first-order valence-electron chi connectivity index (χ1n) is 9.20. The Morgan fingerprint density at radius 2 is 1.85 bits per heavy atom. The van der Waals surface area contributed by atoms with Crippen LogP contribution in [-0.2, 0) is 11.3 Å². The fraction of sp³-hybridized carbons (Fsp3) is 0.318. The summed E-state index contributed by atoms with van der Waals surface area (Å²) in [7, 11) is 1.67. The van der Waals surface area contributed by atoms with E-state index in [9.17, 15) is 4.79 Å². The van der Waals surface area contributed by atoms with Gasteiger partial charge in [-0.25, -0.2) is 0 Å². The van der Waals surface area contributed by atoms with Gasteiger partial charge in [-0.3, -0.25) is 9.69 Å². The third-order valence-corrected chi connectivity index (χ3v) is 5.16. The number of amides is 1. The van der Waals surface area contributed by atoms with Crippen molar-refractivity contribution < 1.29 is 9.53 Å². The number of rotatable bonds is 6. The second kappa shape index (κ2) is 9.58. The molecular weight excluding hydrogens is 360 g/mol. The van der Waals surface area contributed by atoms with Crippen LogP contribution in [0.15, 0.2) is 54.6 Å². The first kappa shape index (κ1) is 19.5. The summed E-state index contributed by atoms with van der Waals surface area (Å²) in [5.41, 5.74) is 2.14. The lowest BCUT2D eigenvalue weighted by Crippen LogP contribution is -2.33. The maximum atomic E-state index is 12.5. The molecule has 4 nitrogen and oxygen atoms in total. The summed E-state index contributed by atoms with van der Waals surface area (Å²) in [5, 5.41) is 0.717. The molecule has 1 heterocycles. The van der Waals surface area contributed by atoms with E-state index in [2.05, 4.69) is 17.1 Å². The van der Waals surface area contributed by atoms with Crippen LogP contribution in [0.4, 0.5) is 0 Å². The first-order chi connectivity index (χ1) is 13.2. The van der Waals surface area contributed by atoms with Crippen molar-refractivity contribution in [1.29, 1.82) is 0 Å². The Kier molecular flexibility index (Phi) is 6.91. The fourth-order valence-corrected chi connectivity index (χ4v) is 3.34. The quantitative estimate of drug-likeness (QED) is 0.751. The maximum absolute atomic E-state index is 12.5. The summed E-state index contributed by atoms with van der Waals surface area (Å²) in [5.74, 6) is 1.05. The Balaban J connectivity index is 1.53. The number of carbonyl (C=O) groups is 1. The van der Waals surface area contributed by atoms with Crippen molar-refractivity contribution in [2.24, 2.45) is 0 Å². The zero-order valence-electron chi connectivity index (χ0n) is 15.6. The van der Waals surface area contributed by atoms with Crippen molar-refractivity contribution in [1.82, 2.24) is 9.80 Å². The number of nitrogens with zero attached hydrogens (tertiary/aromatic N) is 2. The summed E-state index contributed by atoms with van der Waals surface area (Å²) in [6, 6.07) is 15.7. The smallest absolute Gasteiger partial charge is 0.224 e. The van der Waals surface area contributed by atoms with Crippen molar-refractivity contribution in [2.45, 2.75) is 13.0 Å². The molecular formula is C22H25ClN2O2. The summed E-state index contributed by atoms with van der Waals surface area (Å²) in [6.45, 7) is 3.78. The van der Waals surface area contributed by atoms with Crippen LogP contribution in [-0.4, -0.2) is 49.0 Å². The molecule has 1 fully saturated rings. The van der Waals surface area contributed by atoms with Crippen molar-refractivity contribution in [3.05, 3.63) is 70.8 Å². The predicted octanol–water partition coefficient (Wildman–Crippen LogP) is 4.10. The van der Waals surface area contributed by atoms with Crippen LogP contribution in [0.5, 0.6) is 5.75 Å². The highest BCUT2D eigenvalue weighted by Crippen LogP contribution is 2.18. The molecule has 3 rings (SSSR count). The average molecular weight is 385 g/mol. The molecule has 0 saturated carbocycles. The SMILES string of the molecule is COc1ccc(C=CCN2CCC(=O)N(Cc3ccccc3Cl)CC2)cc1. The zero-order chi connectivity index (χ0) is 19.1. The first-order valence-corrected chi connectivity index (χ1v) is 9.57. The van der Waals surface area contributed by atoms with E-state index in [0.29, 0.717) is 18.0 Å². The minimum Gasteiger partial charge on any atom is -0.497 e. The van der Waals surface area contributed by atoms with Crippen LogP contribution in [0.2, 0.25) is 5.02 Å². The monoisotopic (exact) mass is 384 g/mol. The maximum Gasteiger partial charge on any atom is 0.224 e. The lowest BCUT2D eigenvalue weighted by molar-refractivity contribution is -0.130. The third kappa shape index (κ3) is 5.59. The minimum absolute atomic E-state index is 0.191. The lowest BCUT2D eigenvalue weighted by atomic mass is 10.2. The summed E-state index contributed by atoms with van der Waals surface area (Å²) in [6.07, 6.45) is 4.80. The van der Waals surface area contributed by atoms with Gasteiger partial charge in [0.2, 0.25) is 5.91 Å². The highest BCUT2D eigenvalue weighted by atomic mass is 35.5. The van der Waals surface area contributed by atoms with Gasteiger partial charge in [0.15, 0.2) is 0 Å². The molecule has 0 atom stereocenters. The number of halogens is 1. The summed E-state index contributed by atoms with van der Waals surface area (Å²) in [4.78, 5) is 16.7. The number of ether oxygens (including phenoxy) is 1. The van der Waals surface area contributed by atoms with Gasteiger partial charge in [-0.2, -0.15) is 0 Å². The molecule has 0 aromatic heterocycles. The number of methoxy groups -OCH3 is 1. The van der Waals surface area contributed by atoms with E-state index in [4.69, 9.17) is 16.3 Å². The molecule has 2 aromatic carbocycles. The molecule has 2 aromatic rings. The van der Waals surface area contributed by atoms with Gasteiger partial charge in [-0.15, -0.1) is 0 Å². The fourth-order valence-electron chi connectivity index (χ4n) is 3.15. The van der Waals surface area contributed by atoms with Gasteiger partial charge in [0.1, 0.15) is 5.75 Å². The van der Waals surface area contributed by atoms with Crippen molar-refractivity contribution >= 4 is 23.6 Å². The minimum atomic E-state index is 0.191. The third-order valence-electron chi connectivity index (χ3n) is 4.79. The topological polar surface area (TPSA) is 32.8 Å². The summed E-state index contributed by atoms with van der Waals surface area (Å²) < 4.78 is 5.18. The van der Waals surface area contributed by atoms with Gasteiger partial charge in [-0.1, -0.05) is 54.1 Å². The van der Waals surface area contributed by atoms with E-state index in [0.717, 1.165) is 43.1 Å². The van der Waals surface area contributed by atoms with Gasteiger partial charge in [0.25, 0.3) is 0 Å². The average Bonchev–Trinajstić information content (AvgIpc) is 2.86. The van der Waals surface area contributed by atoms with Crippen LogP contribution < -0.4 is 4.74 Å². The molecule has 0 spiro atoms. The van der Waals surface area contributed by atoms with Gasteiger partial charge in [0.05, 0.1) is 7.11 Å². The van der Waals surface area contributed by atoms with E-state index < -0.39 is 0 Å². The predicted molar refractivity (Wildman–Crippen MR) is 110 cm³/mol. The number of carbonyl (C=O) groups excluding carboxylic acids is 1. The number of benzene rings is 2. The van der Waals surface area contributed by atoms with E-state index in [-0.39, 0.29) is 5.91 Å². The Labute approximate surface area is 166 Å².